The van der Waals surface area contributed by atoms with Gasteiger partial charge in [0.1, 0.15) is 0 Å². The van der Waals surface area contributed by atoms with Crippen molar-refractivity contribution in [2.24, 2.45) is 4.99 Å². The number of benzene rings is 1. The maximum Gasteiger partial charge on any atom is 0.387 e. The van der Waals surface area contributed by atoms with Crippen LogP contribution in [0.5, 0.6) is 11.5 Å². The van der Waals surface area contributed by atoms with E-state index in [9.17, 15) is 8.78 Å². The number of guanidine groups is 1. The maximum absolute atomic E-state index is 12.5. The van der Waals surface area contributed by atoms with Crippen LogP contribution in [0.3, 0.4) is 0 Å². The molecule has 1 atom stereocenters. The summed E-state index contributed by atoms with van der Waals surface area (Å²) in [5, 5.41) is 6.60. The highest BCUT2D eigenvalue weighted by molar-refractivity contribution is 14.0. The van der Waals surface area contributed by atoms with Gasteiger partial charge in [-0.3, -0.25) is 0 Å². The Morgan fingerprint density at radius 3 is 2.70 bits per heavy atom. The number of nitrogens with zero attached hydrogens (tertiary/aromatic N) is 1. The zero-order chi connectivity index (χ0) is 19.0. The summed E-state index contributed by atoms with van der Waals surface area (Å²) in [7, 11) is 1.42. The number of hydrogen-bond donors (Lipinski definition) is 2. The van der Waals surface area contributed by atoms with Gasteiger partial charge in [-0.1, -0.05) is 6.07 Å². The Bertz CT molecular complexity index is 614. The normalized spacial score (nSPS) is 19.6. The van der Waals surface area contributed by atoms with E-state index in [0.717, 1.165) is 18.7 Å². The minimum atomic E-state index is -2.90. The van der Waals surface area contributed by atoms with E-state index in [4.69, 9.17) is 4.74 Å². The number of aliphatic imine (C=N–C) groups is 1. The summed E-state index contributed by atoms with van der Waals surface area (Å²) < 4.78 is 34.9. The van der Waals surface area contributed by atoms with Crippen LogP contribution in [0.15, 0.2) is 23.2 Å². The second kappa shape index (κ2) is 11.8. The summed E-state index contributed by atoms with van der Waals surface area (Å²) in [5.41, 5.74) is 0.764. The van der Waals surface area contributed by atoms with E-state index in [-0.39, 0.29) is 40.2 Å². The molecule has 2 rings (SSSR count). The largest absolute Gasteiger partial charge is 0.493 e. The van der Waals surface area contributed by atoms with E-state index in [1.54, 1.807) is 12.1 Å². The molecule has 1 fully saturated rings. The van der Waals surface area contributed by atoms with Crippen molar-refractivity contribution >= 4 is 41.7 Å². The van der Waals surface area contributed by atoms with Crippen molar-refractivity contribution in [3.8, 4) is 11.5 Å². The Balaban J connectivity index is 0.00000364. The average molecular weight is 515 g/mol. The predicted molar refractivity (Wildman–Crippen MR) is 118 cm³/mol. The third kappa shape index (κ3) is 7.89. The van der Waals surface area contributed by atoms with Crippen LogP contribution in [-0.4, -0.2) is 43.3 Å². The molecule has 1 aromatic rings. The summed E-state index contributed by atoms with van der Waals surface area (Å²) in [6, 6.07) is 4.93. The molecule has 1 aliphatic heterocycles. The smallest absolute Gasteiger partial charge is 0.387 e. The van der Waals surface area contributed by atoms with Crippen LogP contribution in [0, 0.1) is 0 Å². The van der Waals surface area contributed by atoms with Crippen LogP contribution in [0.4, 0.5) is 8.78 Å². The van der Waals surface area contributed by atoms with Gasteiger partial charge in [-0.15, -0.1) is 24.0 Å². The minimum Gasteiger partial charge on any atom is -0.493 e. The zero-order valence-electron chi connectivity index (χ0n) is 15.9. The topological polar surface area (TPSA) is 54.9 Å². The lowest BCUT2D eigenvalue weighted by Gasteiger charge is -2.24. The van der Waals surface area contributed by atoms with Gasteiger partial charge in [0.25, 0.3) is 0 Å². The number of ether oxygens (including phenoxy) is 2. The number of nitrogens with one attached hydrogen (secondary N) is 2. The molecule has 1 aliphatic rings. The maximum atomic E-state index is 12.5. The fourth-order valence-electron chi connectivity index (χ4n) is 2.77. The van der Waals surface area contributed by atoms with Crippen LogP contribution < -0.4 is 20.1 Å². The summed E-state index contributed by atoms with van der Waals surface area (Å²) in [4.78, 5) is 4.55. The molecule has 5 nitrogen and oxygen atoms in total. The van der Waals surface area contributed by atoms with Crippen LogP contribution in [0.2, 0.25) is 0 Å². The molecule has 9 heteroatoms. The third-order valence-electron chi connectivity index (χ3n) is 4.14. The fraction of sp³-hybridized carbons (Fsp3) is 0.611. The monoisotopic (exact) mass is 515 g/mol. The van der Waals surface area contributed by atoms with Crippen molar-refractivity contribution in [2.75, 3.05) is 26.0 Å². The molecule has 1 saturated heterocycles. The first-order valence-electron chi connectivity index (χ1n) is 8.73. The Morgan fingerprint density at radius 2 is 2.11 bits per heavy atom. The van der Waals surface area contributed by atoms with Crippen molar-refractivity contribution in [1.82, 2.24) is 10.6 Å². The Labute approximate surface area is 181 Å². The van der Waals surface area contributed by atoms with Crippen molar-refractivity contribution in [1.29, 1.82) is 0 Å². The number of alkyl halides is 2. The van der Waals surface area contributed by atoms with Gasteiger partial charge in [0.05, 0.1) is 13.7 Å². The number of hydrogen-bond acceptors (Lipinski definition) is 4. The molecule has 27 heavy (non-hydrogen) atoms. The van der Waals surface area contributed by atoms with Gasteiger partial charge in [-0.2, -0.15) is 20.5 Å². The Morgan fingerprint density at radius 1 is 1.33 bits per heavy atom. The van der Waals surface area contributed by atoms with Gasteiger partial charge in [0.15, 0.2) is 17.5 Å². The standard InChI is InChI=1S/C18H27F2N3O2S.HI/c1-4-21-17(23-12-18(2)8-5-9-26-18)22-11-13-6-7-14(24-3)15(10-13)25-16(19)20;/h6-7,10,16H,4-5,8-9,11-12H2,1-3H3,(H2,21,22,23);1H. The van der Waals surface area contributed by atoms with Crippen LogP contribution in [0.1, 0.15) is 32.3 Å². The second-order valence-electron chi connectivity index (χ2n) is 6.31. The molecule has 0 spiro atoms. The average Bonchev–Trinajstić information content (AvgIpc) is 3.04. The molecule has 0 saturated carbocycles. The summed E-state index contributed by atoms with van der Waals surface area (Å²) in [6.07, 6.45) is 2.44. The van der Waals surface area contributed by atoms with Crippen molar-refractivity contribution in [2.45, 2.75) is 44.6 Å². The van der Waals surface area contributed by atoms with E-state index >= 15 is 0 Å². The van der Waals surface area contributed by atoms with E-state index in [1.165, 1.54) is 31.8 Å². The number of rotatable bonds is 8. The number of thioether (sulfide) groups is 1. The van der Waals surface area contributed by atoms with Gasteiger partial charge >= 0.3 is 6.61 Å². The third-order valence-corrected chi connectivity index (χ3v) is 5.68. The van der Waals surface area contributed by atoms with Crippen molar-refractivity contribution in [3.05, 3.63) is 23.8 Å². The molecule has 154 valence electrons. The van der Waals surface area contributed by atoms with Crippen LogP contribution >= 0.6 is 35.7 Å². The first-order chi connectivity index (χ1) is 12.5. The lowest BCUT2D eigenvalue weighted by atomic mass is 10.1. The molecule has 2 N–H and O–H groups in total. The molecule has 0 aliphatic carbocycles. The number of halogens is 3. The molecule has 0 aromatic heterocycles. The van der Waals surface area contributed by atoms with Crippen LogP contribution in [0.25, 0.3) is 0 Å². The van der Waals surface area contributed by atoms with Crippen molar-refractivity contribution in [3.63, 3.8) is 0 Å². The molecule has 0 radical (unpaired) electrons. The molecule has 1 aromatic carbocycles. The van der Waals surface area contributed by atoms with Gasteiger partial charge in [0, 0.05) is 17.8 Å². The lowest BCUT2D eigenvalue weighted by molar-refractivity contribution is -0.0512. The molecular weight excluding hydrogens is 487 g/mol. The summed E-state index contributed by atoms with van der Waals surface area (Å²) >= 11 is 1.98. The van der Waals surface area contributed by atoms with Gasteiger partial charge in [-0.25, -0.2) is 4.99 Å². The highest BCUT2D eigenvalue weighted by Crippen LogP contribution is 2.37. The summed E-state index contributed by atoms with van der Waals surface area (Å²) in [5.74, 6) is 2.20. The van der Waals surface area contributed by atoms with Gasteiger partial charge < -0.3 is 20.1 Å². The lowest BCUT2D eigenvalue weighted by Crippen LogP contribution is -2.43. The van der Waals surface area contributed by atoms with E-state index in [0.29, 0.717) is 12.5 Å². The van der Waals surface area contributed by atoms with E-state index in [2.05, 4.69) is 27.3 Å². The molecule has 0 bridgehead atoms. The molecular formula is C18H28F2IN3O2S. The zero-order valence-corrected chi connectivity index (χ0v) is 19.0. The minimum absolute atomic E-state index is 0. The van der Waals surface area contributed by atoms with E-state index < -0.39 is 6.61 Å². The molecule has 1 unspecified atom stereocenters. The van der Waals surface area contributed by atoms with Gasteiger partial charge in [0.2, 0.25) is 0 Å². The fourth-order valence-corrected chi connectivity index (χ4v) is 4.01. The first-order valence-corrected chi connectivity index (χ1v) is 9.72. The predicted octanol–water partition coefficient (Wildman–Crippen LogP) is 4.26. The van der Waals surface area contributed by atoms with Gasteiger partial charge in [-0.05, 0) is 50.1 Å². The quantitative estimate of drug-likeness (QED) is 0.308. The Kier molecular flexibility index (Phi) is 10.5. The second-order valence-corrected chi connectivity index (χ2v) is 8.00. The SMILES string of the molecule is CCNC(=NCc1ccc(OC)c(OC(F)F)c1)NCC1(C)CCCS1.I. The first kappa shape index (κ1) is 24.1. The molecule has 0 amide bonds. The number of methoxy groups -OCH3 is 1. The Hall–Kier alpha value is -0.970. The van der Waals surface area contributed by atoms with Crippen molar-refractivity contribution < 1.29 is 18.3 Å². The molecule has 1 heterocycles. The van der Waals surface area contributed by atoms with Crippen LogP contribution in [-0.2, 0) is 6.54 Å². The summed E-state index contributed by atoms with van der Waals surface area (Å²) in [6.45, 7) is 3.31. The highest BCUT2D eigenvalue weighted by atomic mass is 127. The van der Waals surface area contributed by atoms with E-state index in [1.807, 2.05) is 18.7 Å². The highest BCUT2D eigenvalue weighted by Gasteiger charge is 2.29.